The molecule has 5 nitrogen and oxygen atoms in total. The fourth-order valence-electron chi connectivity index (χ4n) is 4.18. The molecule has 0 unspecified atom stereocenters. The molecular weight excluding hydrogens is 344 g/mol. The second kappa shape index (κ2) is 5.93. The van der Waals surface area contributed by atoms with Gasteiger partial charge in [0.15, 0.2) is 0 Å². The third-order valence-electron chi connectivity index (χ3n) is 5.67. The minimum absolute atomic E-state index is 0.147. The van der Waals surface area contributed by atoms with E-state index in [0.29, 0.717) is 11.1 Å². The van der Waals surface area contributed by atoms with Crippen molar-refractivity contribution in [3.05, 3.63) is 40.8 Å². The second-order valence-electron chi connectivity index (χ2n) is 7.58. The summed E-state index contributed by atoms with van der Waals surface area (Å²) >= 11 is 1.81. The van der Waals surface area contributed by atoms with Gasteiger partial charge < -0.3 is 16.0 Å². The number of fused-ring (bicyclic) bond motifs is 1. The molecule has 0 bridgehead atoms. The molecule has 1 saturated heterocycles. The molecule has 1 aromatic carbocycles. The molecule has 3 aromatic rings. The Balaban J connectivity index is 1.53. The number of hydrogen-bond acceptors (Lipinski definition) is 4. The number of carbonyl (C=O) groups is 1. The van der Waals surface area contributed by atoms with E-state index in [1.54, 1.807) is 6.07 Å². The number of imidazole rings is 1. The number of benzene rings is 1. The molecule has 4 N–H and O–H groups in total. The average molecular weight is 366 g/mol. The first-order valence-corrected chi connectivity index (χ1v) is 10.1. The maximum Gasteiger partial charge on any atom is 0.250 e. The summed E-state index contributed by atoms with van der Waals surface area (Å²) in [4.78, 5) is 22.2. The lowest BCUT2D eigenvalue weighted by Crippen LogP contribution is -2.36. The van der Waals surface area contributed by atoms with Crippen LogP contribution in [0.2, 0.25) is 0 Å². The van der Waals surface area contributed by atoms with Crippen LogP contribution >= 0.6 is 11.3 Å². The first kappa shape index (κ1) is 16.0. The number of nitrogens with zero attached hydrogens (tertiary/aromatic N) is 1. The van der Waals surface area contributed by atoms with Crippen molar-refractivity contribution in [2.24, 2.45) is 11.7 Å². The lowest BCUT2D eigenvalue weighted by Gasteiger charge is -2.28. The van der Waals surface area contributed by atoms with E-state index in [4.69, 9.17) is 5.73 Å². The van der Waals surface area contributed by atoms with Crippen molar-refractivity contribution in [2.75, 3.05) is 6.54 Å². The Hall–Kier alpha value is -2.18. The number of primary amides is 1. The summed E-state index contributed by atoms with van der Waals surface area (Å²) in [7, 11) is 0. The van der Waals surface area contributed by atoms with E-state index in [1.165, 1.54) is 37.0 Å². The number of nitrogens with two attached hydrogens (primary N) is 1. The van der Waals surface area contributed by atoms with E-state index >= 15 is 0 Å². The van der Waals surface area contributed by atoms with Gasteiger partial charge in [0, 0.05) is 4.88 Å². The Morgan fingerprint density at radius 1 is 1.31 bits per heavy atom. The maximum absolute atomic E-state index is 11.7. The number of hydrogen-bond donors (Lipinski definition) is 3. The molecule has 3 heterocycles. The van der Waals surface area contributed by atoms with Gasteiger partial charge in [-0.3, -0.25) is 4.79 Å². The highest BCUT2D eigenvalue weighted by atomic mass is 32.1. The summed E-state index contributed by atoms with van der Waals surface area (Å²) in [5.41, 5.74) is 7.59. The van der Waals surface area contributed by atoms with Crippen molar-refractivity contribution in [1.29, 1.82) is 0 Å². The van der Waals surface area contributed by atoms with Crippen LogP contribution in [0.3, 0.4) is 0 Å². The fourth-order valence-corrected chi connectivity index (χ4v) is 5.33. The van der Waals surface area contributed by atoms with Crippen molar-refractivity contribution >= 4 is 28.3 Å². The summed E-state index contributed by atoms with van der Waals surface area (Å²) in [6, 6.07) is 9.89. The van der Waals surface area contributed by atoms with Gasteiger partial charge in [0.1, 0.15) is 11.3 Å². The van der Waals surface area contributed by atoms with Gasteiger partial charge in [-0.15, -0.1) is 11.3 Å². The molecule has 0 spiro atoms. The van der Waals surface area contributed by atoms with Gasteiger partial charge in [0.05, 0.1) is 21.5 Å². The lowest BCUT2D eigenvalue weighted by atomic mass is 9.89. The number of para-hydroxylation sites is 1. The fraction of sp³-hybridized carbons (Fsp3) is 0.400. The van der Waals surface area contributed by atoms with E-state index in [-0.39, 0.29) is 5.54 Å². The maximum atomic E-state index is 11.7. The number of thiophene rings is 1. The van der Waals surface area contributed by atoms with E-state index in [2.05, 4.69) is 27.4 Å². The molecule has 1 aliphatic carbocycles. The Labute approximate surface area is 156 Å². The van der Waals surface area contributed by atoms with Crippen molar-refractivity contribution in [3.8, 4) is 10.7 Å². The summed E-state index contributed by atoms with van der Waals surface area (Å²) in [6.45, 7) is 1.10. The monoisotopic (exact) mass is 366 g/mol. The van der Waals surface area contributed by atoms with Gasteiger partial charge >= 0.3 is 0 Å². The zero-order valence-electron chi connectivity index (χ0n) is 14.5. The van der Waals surface area contributed by atoms with Gasteiger partial charge in [0.2, 0.25) is 0 Å². The first-order valence-electron chi connectivity index (χ1n) is 9.29. The standard InChI is InChI=1S/C20H22N4OS/c21-18(25)13-3-1-4-14-17(13)24-19(23-14)15-7-8-16(26-15)20(9-2-10-22-20)11-12-5-6-12/h1,3-4,7-8,12,22H,2,5-6,9-11H2,(H2,21,25)(H,23,24)/t20-/m1/s1. The third kappa shape index (κ3) is 2.64. The number of carbonyl (C=O) groups excluding carboxylic acids is 1. The molecule has 2 aliphatic rings. The Kier molecular flexibility index (Phi) is 3.65. The second-order valence-corrected chi connectivity index (χ2v) is 8.66. The smallest absolute Gasteiger partial charge is 0.250 e. The van der Waals surface area contributed by atoms with E-state index < -0.39 is 5.91 Å². The highest BCUT2D eigenvalue weighted by molar-refractivity contribution is 7.15. The SMILES string of the molecule is NC(=O)c1cccc2[nH]c(-c3ccc([C@]4(CC5CC5)CCCN4)s3)nc12. The topological polar surface area (TPSA) is 83.8 Å². The molecule has 1 atom stereocenters. The Morgan fingerprint density at radius 3 is 2.92 bits per heavy atom. The number of nitrogens with one attached hydrogen (secondary N) is 2. The van der Waals surface area contributed by atoms with Crippen LogP contribution in [0.5, 0.6) is 0 Å². The molecule has 5 rings (SSSR count). The summed E-state index contributed by atoms with van der Waals surface area (Å²) < 4.78 is 0. The molecule has 1 saturated carbocycles. The number of aromatic amines is 1. The van der Waals surface area contributed by atoms with Crippen LogP contribution < -0.4 is 11.1 Å². The van der Waals surface area contributed by atoms with Crippen LogP contribution in [0, 0.1) is 5.92 Å². The van der Waals surface area contributed by atoms with E-state index in [1.807, 2.05) is 23.5 Å². The predicted octanol–water partition coefficient (Wildman–Crippen LogP) is 3.77. The zero-order chi connectivity index (χ0) is 17.7. The largest absolute Gasteiger partial charge is 0.366 e. The summed E-state index contributed by atoms with van der Waals surface area (Å²) in [5, 5.41) is 3.79. The van der Waals surface area contributed by atoms with E-state index in [9.17, 15) is 4.79 Å². The number of H-pyrrole nitrogens is 1. The molecule has 1 amide bonds. The van der Waals surface area contributed by atoms with Crippen molar-refractivity contribution in [3.63, 3.8) is 0 Å². The van der Waals surface area contributed by atoms with Crippen LogP contribution in [-0.4, -0.2) is 22.4 Å². The van der Waals surface area contributed by atoms with Gasteiger partial charge in [-0.25, -0.2) is 4.98 Å². The highest BCUT2D eigenvalue weighted by Gasteiger charge is 2.41. The quantitative estimate of drug-likeness (QED) is 0.643. The minimum Gasteiger partial charge on any atom is -0.366 e. The molecule has 2 aromatic heterocycles. The molecule has 1 aliphatic heterocycles. The van der Waals surface area contributed by atoms with E-state index in [0.717, 1.165) is 28.7 Å². The molecule has 134 valence electrons. The van der Waals surface area contributed by atoms with Crippen LogP contribution in [-0.2, 0) is 5.54 Å². The molecular formula is C20H22N4OS. The molecule has 0 radical (unpaired) electrons. The lowest BCUT2D eigenvalue weighted by molar-refractivity contribution is 0.100. The minimum atomic E-state index is -0.445. The third-order valence-corrected chi connectivity index (χ3v) is 6.96. The predicted molar refractivity (Wildman–Crippen MR) is 104 cm³/mol. The van der Waals surface area contributed by atoms with Crippen molar-refractivity contribution in [2.45, 2.75) is 37.6 Å². The number of amides is 1. The van der Waals surface area contributed by atoms with Gasteiger partial charge in [-0.1, -0.05) is 18.9 Å². The highest BCUT2D eigenvalue weighted by Crippen LogP contribution is 2.47. The Morgan fingerprint density at radius 2 is 2.19 bits per heavy atom. The first-order chi connectivity index (χ1) is 12.6. The van der Waals surface area contributed by atoms with Crippen LogP contribution in [0.15, 0.2) is 30.3 Å². The molecule has 6 heteroatoms. The Bertz CT molecular complexity index is 979. The normalized spacial score (nSPS) is 22.9. The molecule has 26 heavy (non-hydrogen) atoms. The zero-order valence-corrected chi connectivity index (χ0v) is 15.4. The average Bonchev–Trinajstić information content (AvgIpc) is 3.08. The van der Waals surface area contributed by atoms with Crippen molar-refractivity contribution in [1.82, 2.24) is 15.3 Å². The number of aromatic nitrogens is 2. The van der Waals surface area contributed by atoms with Gasteiger partial charge in [-0.2, -0.15) is 0 Å². The molecule has 2 fully saturated rings. The summed E-state index contributed by atoms with van der Waals surface area (Å²) in [5.74, 6) is 1.25. The number of rotatable bonds is 5. The van der Waals surface area contributed by atoms with Gasteiger partial charge in [-0.05, 0) is 56.0 Å². The van der Waals surface area contributed by atoms with Crippen LogP contribution in [0.1, 0.15) is 47.3 Å². The van der Waals surface area contributed by atoms with Crippen molar-refractivity contribution < 1.29 is 4.79 Å². The summed E-state index contributed by atoms with van der Waals surface area (Å²) in [6.07, 6.45) is 6.46. The van der Waals surface area contributed by atoms with Gasteiger partial charge in [0.25, 0.3) is 5.91 Å². The van der Waals surface area contributed by atoms with Crippen LogP contribution in [0.4, 0.5) is 0 Å². The van der Waals surface area contributed by atoms with Crippen LogP contribution in [0.25, 0.3) is 21.7 Å².